The fraction of sp³-hybridized carbons (Fsp3) is 0.500. The molecule has 0 aromatic carbocycles. The molecule has 1 fully saturated rings. The summed E-state index contributed by atoms with van der Waals surface area (Å²) in [6, 6.07) is 0. The second-order valence-corrected chi connectivity index (χ2v) is 3.91. The maximum absolute atomic E-state index is 4.40. The highest BCUT2D eigenvalue weighted by atomic mass is 15.4. The summed E-state index contributed by atoms with van der Waals surface area (Å²) in [4.78, 5) is 4.40. The lowest BCUT2D eigenvalue weighted by atomic mass is 9.81. The Kier molecular flexibility index (Phi) is 1.52. The molecule has 3 aliphatic rings. The molecule has 3 heteroatoms. The van der Waals surface area contributed by atoms with Crippen molar-refractivity contribution in [3.63, 3.8) is 0 Å². The van der Waals surface area contributed by atoms with Crippen molar-refractivity contribution in [3.8, 4) is 0 Å². The third-order valence-corrected chi connectivity index (χ3v) is 3.06. The molecule has 1 saturated heterocycles. The first-order valence-electron chi connectivity index (χ1n) is 4.86. The molecular weight excluding hydrogens is 162 g/mol. The number of hydrazine groups is 1. The van der Waals surface area contributed by atoms with Gasteiger partial charge in [0.1, 0.15) is 0 Å². The average molecular weight is 175 g/mol. The van der Waals surface area contributed by atoms with Gasteiger partial charge in [-0.1, -0.05) is 6.08 Å². The van der Waals surface area contributed by atoms with E-state index in [1.165, 1.54) is 24.3 Å². The molecule has 0 radical (unpaired) electrons. The summed E-state index contributed by atoms with van der Waals surface area (Å²) in [6.45, 7) is 1.07. The Labute approximate surface area is 77.6 Å². The van der Waals surface area contributed by atoms with E-state index in [9.17, 15) is 0 Å². The van der Waals surface area contributed by atoms with Crippen molar-refractivity contribution in [1.29, 1.82) is 0 Å². The molecule has 2 aliphatic heterocycles. The van der Waals surface area contributed by atoms with Gasteiger partial charge in [0, 0.05) is 36.0 Å². The van der Waals surface area contributed by atoms with E-state index in [2.05, 4.69) is 28.0 Å². The molecule has 0 spiro atoms. The van der Waals surface area contributed by atoms with Crippen LogP contribution in [-0.4, -0.2) is 12.3 Å². The predicted octanol–water partition coefficient (Wildman–Crippen LogP) is 0.973. The fourth-order valence-electron chi connectivity index (χ4n) is 2.32. The first-order chi connectivity index (χ1) is 6.43. The van der Waals surface area contributed by atoms with Crippen LogP contribution in [0.5, 0.6) is 0 Å². The molecule has 68 valence electrons. The second-order valence-electron chi connectivity index (χ2n) is 3.91. The molecule has 2 N–H and O–H groups in total. The van der Waals surface area contributed by atoms with Crippen LogP contribution < -0.4 is 10.9 Å². The largest absolute Gasteiger partial charge is 0.325 e. The van der Waals surface area contributed by atoms with Crippen LogP contribution in [0.4, 0.5) is 0 Å². The van der Waals surface area contributed by atoms with Gasteiger partial charge in [0.25, 0.3) is 0 Å². The first-order valence-corrected chi connectivity index (χ1v) is 4.86. The molecule has 2 atom stereocenters. The van der Waals surface area contributed by atoms with Crippen LogP contribution in [0.25, 0.3) is 0 Å². The lowest BCUT2D eigenvalue weighted by Crippen LogP contribution is -2.26. The molecule has 0 amide bonds. The minimum atomic E-state index is 0.667. The van der Waals surface area contributed by atoms with Gasteiger partial charge >= 0.3 is 0 Å². The smallest absolute Gasteiger partial charge is 0.0455 e. The number of fused-ring (bicyclic) bond motifs is 2. The summed E-state index contributed by atoms with van der Waals surface area (Å²) in [5.41, 5.74) is 8.96. The van der Waals surface area contributed by atoms with E-state index < -0.39 is 0 Å². The lowest BCUT2D eigenvalue weighted by Gasteiger charge is -2.26. The highest BCUT2D eigenvalue weighted by molar-refractivity contribution is 5.99. The van der Waals surface area contributed by atoms with Crippen molar-refractivity contribution in [2.75, 3.05) is 6.54 Å². The number of nitrogens with zero attached hydrogens (tertiary/aromatic N) is 1. The topological polar surface area (TPSA) is 36.4 Å². The van der Waals surface area contributed by atoms with Gasteiger partial charge < -0.3 is 5.43 Å². The van der Waals surface area contributed by atoms with Gasteiger partial charge in [-0.2, -0.15) is 0 Å². The molecule has 0 saturated carbocycles. The Bertz CT molecular complexity index is 314. The van der Waals surface area contributed by atoms with Crippen molar-refractivity contribution in [2.24, 2.45) is 16.8 Å². The molecule has 0 aromatic heterocycles. The summed E-state index contributed by atoms with van der Waals surface area (Å²) in [5, 5.41) is 0. The number of nitrogens with one attached hydrogen (secondary N) is 2. The Morgan fingerprint density at radius 3 is 3.38 bits per heavy atom. The minimum Gasteiger partial charge on any atom is -0.325 e. The lowest BCUT2D eigenvalue weighted by molar-refractivity contribution is 0.498. The molecule has 3 rings (SSSR count). The van der Waals surface area contributed by atoms with Gasteiger partial charge in [-0.15, -0.1) is 0 Å². The molecular formula is C10H13N3. The van der Waals surface area contributed by atoms with Crippen molar-refractivity contribution in [1.82, 2.24) is 10.9 Å². The van der Waals surface area contributed by atoms with E-state index in [0.717, 1.165) is 6.54 Å². The maximum atomic E-state index is 4.40. The Hall–Kier alpha value is -1.09. The summed E-state index contributed by atoms with van der Waals surface area (Å²) in [5.74, 6) is 1.36. The number of aliphatic imine (C=N–C) groups is 1. The van der Waals surface area contributed by atoms with Crippen LogP contribution in [0.3, 0.4) is 0 Å². The Morgan fingerprint density at radius 2 is 2.38 bits per heavy atom. The number of allylic oxidation sites excluding steroid dienone is 2. The second kappa shape index (κ2) is 2.70. The summed E-state index contributed by atoms with van der Waals surface area (Å²) in [6.07, 6.45) is 8.71. The molecule has 0 aromatic rings. The van der Waals surface area contributed by atoms with E-state index in [4.69, 9.17) is 0 Å². The summed E-state index contributed by atoms with van der Waals surface area (Å²) < 4.78 is 0. The van der Waals surface area contributed by atoms with Gasteiger partial charge in [-0.05, 0) is 18.9 Å². The van der Waals surface area contributed by atoms with Gasteiger partial charge in [-0.3, -0.25) is 4.99 Å². The third kappa shape index (κ3) is 1.11. The maximum Gasteiger partial charge on any atom is 0.0455 e. The number of rotatable bonds is 0. The number of hydrogen-bond donors (Lipinski definition) is 2. The summed E-state index contributed by atoms with van der Waals surface area (Å²) in [7, 11) is 0. The van der Waals surface area contributed by atoms with Crippen LogP contribution in [0.2, 0.25) is 0 Å². The van der Waals surface area contributed by atoms with Crippen molar-refractivity contribution < 1.29 is 0 Å². The third-order valence-electron chi connectivity index (χ3n) is 3.06. The van der Waals surface area contributed by atoms with Crippen LogP contribution >= 0.6 is 0 Å². The quantitative estimate of drug-likeness (QED) is 0.575. The van der Waals surface area contributed by atoms with Crippen molar-refractivity contribution in [3.05, 3.63) is 24.0 Å². The molecule has 2 heterocycles. The highest BCUT2D eigenvalue weighted by Gasteiger charge is 2.31. The average Bonchev–Trinajstić information content (AvgIpc) is 2.61. The standard InChI is InChI=1S/C10H13N3/c1-2-7-4-8-6-12-13-10(8)5-9(7)11-3-1/h1,3,5,7-8,12-13H,2,4,6H2. The fourth-order valence-corrected chi connectivity index (χ4v) is 2.32. The Morgan fingerprint density at radius 1 is 1.38 bits per heavy atom. The molecule has 3 nitrogen and oxygen atoms in total. The van der Waals surface area contributed by atoms with Gasteiger partial charge in [0.2, 0.25) is 0 Å². The zero-order chi connectivity index (χ0) is 8.67. The van der Waals surface area contributed by atoms with Crippen LogP contribution in [0.1, 0.15) is 12.8 Å². The summed E-state index contributed by atoms with van der Waals surface area (Å²) >= 11 is 0. The first kappa shape index (κ1) is 7.33. The van der Waals surface area contributed by atoms with Gasteiger partial charge in [0.15, 0.2) is 0 Å². The van der Waals surface area contributed by atoms with E-state index in [0.29, 0.717) is 11.8 Å². The van der Waals surface area contributed by atoms with Gasteiger partial charge in [-0.25, -0.2) is 5.43 Å². The molecule has 2 unspecified atom stereocenters. The minimum absolute atomic E-state index is 0.667. The van der Waals surface area contributed by atoms with E-state index in [1.807, 2.05) is 6.20 Å². The van der Waals surface area contributed by atoms with E-state index >= 15 is 0 Å². The molecule has 1 aliphatic carbocycles. The van der Waals surface area contributed by atoms with Crippen LogP contribution in [0.15, 0.2) is 29.0 Å². The van der Waals surface area contributed by atoms with Crippen LogP contribution in [0, 0.1) is 11.8 Å². The van der Waals surface area contributed by atoms with E-state index in [-0.39, 0.29) is 0 Å². The monoisotopic (exact) mass is 175 g/mol. The zero-order valence-corrected chi connectivity index (χ0v) is 7.46. The van der Waals surface area contributed by atoms with Gasteiger partial charge in [0.05, 0.1) is 0 Å². The number of hydrogen-bond acceptors (Lipinski definition) is 3. The SMILES string of the molecule is C1=CN=C2C=C3NNCC3CC2C1. The Balaban J connectivity index is 1.97. The zero-order valence-electron chi connectivity index (χ0n) is 7.46. The van der Waals surface area contributed by atoms with Crippen molar-refractivity contribution in [2.45, 2.75) is 12.8 Å². The molecule has 0 bridgehead atoms. The molecule has 13 heavy (non-hydrogen) atoms. The van der Waals surface area contributed by atoms with Crippen LogP contribution in [-0.2, 0) is 0 Å². The normalized spacial score (nSPS) is 35.7. The predicted molar refractivity (Wildman–Crippen MR) is 52.0 cm³/mol. The van der Waals surface area contributed by atoms with Crippen molar-refractivity contribution >= 4 is 5.71 Å². The van der Waals surface area contributed by atoms with E-state index in [1.54, 1.807) is 0 Å². The highest BCUT2D eigenvalue weighted by Crippen LogP contribution is 2.31.